The normalized spacial score (nSPS) is 10.2. The smallest absolute Gasteiger partial charge is 0.284 e. The monoisotopic (exact) mass is 337 g/mol. The minimum absolute atomic E-state index is 0.0897. The molecular formula is C16H23N3O3S. The number of hydrogen-bond donors (Lipinski definition) is 2. The highest BCUT2D eigenvalue weighted by Gasteiger charge is 2.19. The van der Waals surface area contributed by atoms with Gasteiger partial charge in [-0.25, -0.2) is 0 Å². The minimum Gasteiger partial charge on any atom is -0.374 e. The third-order valence-electron chi connectivity index (χ3n) is 3.09. The van der Waals surface area contributed by atoms with Gasteiger partial charge < -0.3 is 11.1 Å². The van der Waals surface area contributed by atoms with Crippen molar-refractivity contribution in [1.82, 2.24) is 5.06 Å². The molecule has 0 aliphatic rings. The largest absolute Gasteiger partial charge is 0.374 e. The van der Waals surface area contributed by atoms with Crippen LogP contribution in [-0.4, -0.2) is 28.6 Å². The van der Waals surface area contributed by atoms with Gasteiger partial charge in [0.05, 0.1) is 6.61 Å². The van der Waals surface area contributed by atoms with Gasteiger partial charge in [0.15, 0.2) is 5.11 Å². The summed E-state index contributed by atoms with van der Waals surface area (Å²) in [7, 11) is 0. The van der Waals surface area contributed by atoms with E-state index in [2.05, 4.69) is 12.2 Å². The summed E-state index contributed by atoms with van der Waals surface area (Å²) < 4.78 is 0. The highest BCUT2D eigenvalue weighted by molar-refractivity contribution is 7.80. The molecule has 7 heteroatoms. The van der Waals surface area contributed by atoms with Crippen LogP contribution < -0.4 is 11.1 Å². The summed E-state index contributed by atoms with van der Waals surface area (Å²) in [5.74, 6) is -0.518. The van der Waals surface area contributed by atoms with Crippen molar-refractivity contribution in [3.05, 3.63) is 29.8 Å². The predicted octanol–water partition coefficient (Wildman–Crippen LogP) is 2.84. The number of hydrogen-bond acceptors (Lipinski definition) is 4. The van der Waals surface area contributed by atoms with Crippen molar-refractivity contribution in [2.45, 2.75) is 39.5 Å². The van der Waals surface area contributed by atoms with Crippen LogP contribution in [-0.2, 0) is 9.63 Å². The minimum atomic E-state index is -0.428. The Morgan fingerprint density at radius 1 is 1.22 bits per heavy atom. The first kappa shape index (κ1) is 19.1. The van der Waals surface area contributed by atoms with Crippen molar-refractivity contribution in [1.29, 1.82) is 0 Å². The molecule has 23 heavy (non-hydrogen) atoms. The van der Waals surface area contributed by atoms with E-state index >= 15 is 0 Å². The van der Waals surface area contributed by atoms with Gasteiger partial charge in [0, 0.05) is 17.7 Å². The molecule has 0 aromatic heterocycles. The molecule has 0 heterocycles. The van der Waals surface area contributed by atoms with Crippen LogP contribution in [0.5, 0.6) is 0 Å². The molecule has 0 aliphatic heterocycles. The molecule has 126 valence electrons. The number of benzene rings is 1. The molecule has 0 aliphatic carbocycles. The maximum absolute atomic E-state index is 12.4. The Balaban J connectivity index is 2.72. The van der Waals surface area contributed by atoms with Gasteiger partial charge in [0.2, 0.25) is 5.91 Å². The number of nitrogens with one attached hydrogen (secondary N) is 1. The van der Waals surface area contributed by atoms with Crippen molar-refractivity contribution in [3.8, 4) is 0 Å². The van der Waals surface area contributed by atoms with E-state index in [0.717, 1.165) is 24.3 Å². The van der Waals surface area contributed by atoms with Gasteiger partial charge in [-0.1, -0.05) is 26.7 Å². The summed E-state index contributed by atoms with van der Waals surface area (Å²) in [6.45, 7) is 4.22. The summed E-state index contributed by atoms with van der Waals surface area (Å²) >= 11 is 4.87. The van der Waals surface area contributed by atoms with Crippen LogP contribution in [0.1, 0.15) is 49.9 Å². The van der Waals surface area contributed by atoms with Gasteiger partial charge in [-0.2, -0.15) is 5.06 Å². The Hall–Kier alpha value is -1.99. The molecule has 0 bridgehead atoms. The molecule has 1 rings (SSSR count). The number of thiocarbonyl (C=S) groups is 1. The van der Waals surface area contributed by atoms with Gasteiger partial charge in [0.1, 0.15) is 0 Å². The Morgan fingerprint density at radius 2 is 1.87 bits per heavy atom. The highest BCUT2D eigenvalue weighted by atomic mass is 32.1. The lowest BCUT2D eigenvalue weighted by Crippen LogP contribution is -2.40. The van der Waals surface area contributed by atoms with Crippen LogP contribution >= 0.6 is 12.2 Å². The quantitative estimate of drug-likeness (QED) is 0.433. The molecule has 1 aromatic rings. The fourth-order valence-corrected chi connectivity index (χ4v) is 1.93. The van der Waals surface area contributed by atoms with Crippen molar-refractivity contribution in [3.63, 3.8) is 0 Å². The Bertz CT molecular complexity index is 546. The maximum atomic E-state index is 12.4. The molecule has 2 amide bonds. The molecule has 0 spiro atoms. The topological polar surface area (TPSA) is 84.7 Å². The average molecular weight is 337 g/mol. The molecule has 0 fully saturated rings. The lowest BCUT2D eigenvalue weighted by atomic mass is 10.2. The number of carbonyl (C=O) groups excluding carboxylic acids is 2. The van der Waals surface area contributed by atoms with E-state index in [1.807, 2.05) is 0 Å². The summed E-state index contributed by atoms with van der Waals surface area (Å²) in [6, 6.07) is 6.48. The lowest BCUT2D eigenvalue weighted by Gasteiger charge is -2.20. The fourth-order valence-electron chi connectivity index (χ4n) is 1.79. The Morgan fingerprint density at radius 3 is 2.39 bits per heavy atom. The van der Waals surface area contributed by atoms with Gasteiger partial charge >= 0.3 is 0 Å². The molecule has 0 unspecified atom stereocenters. The standard InChI is InChI=1S/C16H23N3O3S/c1-3-5-6-11-22-19(16(17)23)15(21)12-7-9-13(10-8-12)18-14(20)4-2/h7-10H,3-6,11H2,1-2H3,(H2,17,23)(H,18,20). The van der Waals surface area contributed by atoms with Crippen LogP contribution in [0.3, 0.4) is 0 Å². The van der Waals surface area contributed by atoms with Crippen LogP contribution in [0, 0.1) is 0 Å². The Kier molecular flexibility index (Phi) is 8.21. The maximum Gasteiger partial charge on any atom is 0.284 e. The second kappa shape index (κ2) is 9.91. The van der Waals surface area contributed by atoms with Crippen LogP contribution in [0.25, 0.3) is 0 Å². The molecule has 6 nitrogen and oxygen atoms in total. The molecular weight excluding hydrogens is 314 g/mol. The third kappa shape index (κ3) is 6.33. The van der Waals surface area contributed by atoms with E-state index in [1.54, 1.807) is 31.2 Å². The van der Waals surface area contributed by atoms with Crippen molar-refractivity contribution < 1.29 is 14.4 Å². The van der Waals surface area contributed by atoms with E-state index in [-0.39, 0.29) is 11.0 Å². The number of carbonyl (C=O) groups is 2. The third-order valence-corrected chi connectivity index (χ3v) is 3.26. The van der Waals surface area contributed by atoms with E-state index in [0.29, 0.717) is 24.3 Å². The number of nitrogens with two attached hydrogens (primary N) is 1. The summed E-state index contributed by atoms with van der Waals surface area (Å²) in [6.07, 6.45) is 3.27. The second-order valence-electron chi connectivity index (χ2n) is 4.96. The molecule has 3 N–H and O–H groups in total. The number of hydroxylamine groups is 2. The number of unbranched alkanes of at least 4 members (excludes halogenated alkanes) is 2. The second-order valence-corrected chi connectivity index (χ2v) is 5.38. The first-order chi connectivity index (χ1) is 11.0. The van der Waals surface area contributed by atoms with Crippen LogP contribution in [0.15, 0.2) is 24.3 Å². The lowest BCUT2D eigenvalue weighted by molar-refractivity contribution is -0.115. The number of rotatable bonds is 8. The predicted molar refractivity (Wildman–Crippen MR) is 93.8 cm³/mol. The number of amides is 2. The van der Waals surface area contributed by atoms with Crippen molar-refractivity contribution in [2.24, 2.45) is 5.73 Å². The highest BCUT2D eigenvalue weighted by Crippen LogP contribution is 2.13. The van der Waals surface area contributed by atoms with E-state index < -0.39 is 5.91 Å². The first-order valence-corrected chi connectivity index (χ1v) is 8.07. The molecule has 1 aromatic carbocycles. The number of anilines is 1. The first-order valence-electron chi connectivity index (χ1n) is 7.66. The fraction of sp³-hybridized carbons (Fsp3) is 0.438. The average Bonchev–Trinajstić information content (AvgIpc) is 2.54. The van der Waals surface area contributed by atoms with Crippen LogP contribution in [0.2, 0.25) is 0 Å². The van der Waals surface area contributed by atoms with E-state index in [9.17, 15) is 9.59 Å². The SMILES string of the molecule is CCCCCON(C(=O)c1ccc(NC(=O)CC)cc1)C(N)=S. The zero-order valence-corrected chi connectivity index (χ0v) is 14.3. The molecule has 0 saturated heterocycles. The molecule has 0 saturated carbocycles. The van der Waals surface area contributed by atoms with Gasteiger partial charge in [-0.05, 0) is 42.9 Å². The van der Waals surface area contributed by atoms with Crippen LogP contribution in [0.4, 0.5) is 5.69 Å². The molecule has 0 radical (unpaired) electrons. The summed E-state index contributed by atoms with van der Waals surface area (Å²) in [5.41, 5.74) is 6.56. The van der Waals surface area contributed by atoms with Crippen molar-refractivity contribution in [2.75, 3.05) is 11.9 Å². The zero-order valence-electron chi connectivity index (χ0n) is 13.5. The van der Waals surface area contributed by atoms with Gasteiger partial charge in [-0.3, -0.25) is 14.4 Å². The van der Waals surface area contributed by atoms with E-state index in [1.165, 1.54) is 0 Å². The molecule has 0 atom stereocenters. The zero-order chi connectivity index (χ0) is 17.2. The summed E-state index contributed by atoms with van der Waals surface area (Å²) in [4.78, 5) is 29.1. The van der Waals surface area contributed by atoms with Crippen molar-refractivity contribution >= 4 is 34.8 Å². The van der Waals surface area contributed by atoms with Gasteiger partial charge in [0.25, 0.3) is 5.91 Å². The summed E-state index contributed by atoms with van der Waals surface area (Å²) in [5, 5.41) is 3.52. The Labute approximate surface area is 141 Å². The van der Waals surface area contributed by atoms with Gasteiger partial charge in [-0.15, -0.1) is 0 Å². The number of nitrogens with zero attached hydrogens (tertiary/aromatic N) is 1. The van der Waals surface area contributed by atoms with E-state index in [4.69, 9.17) is 22.8 Å².